The monoisotopic (exact) mass is 282 g/mol. The van der Waals surface area contributed by atoms with Gasteiger partial charge in [0, 0.05) is 11.1 Å². The number of thiazole rings is 1. The molecule has 1 aromatic heterocycles. The number of carboxylic acids is 1. The number of rotatable bonds is 5. The molecular formula is C13H18N2O3S. The fourth-order valence-corrected chi connectivity index (χ4v) is 3.01. The van der Waals surface area contributed by atoms with Gasteiger partial charge in [0.15, 0.2) is 0 Å². The zero-order valence-corrected chi connectivity index (χ0v) is 12.1. The molecule has 19 heavy (non-hydrogen) atoms. The summed E-state index contributed by atoms with van der Waals surface area (Å²) in [5.41, 5.74) is 0.422. The number of hydrogen-bond acceptors (Lipinski definition) is 4. The highest BCUT2D eigenvalue weighted by molar-refractivity contribution is 7.09. The molecule has 0 aliphatic heterocycles. The third kappa shape index (κ3) is 2.78. The highest BCUT2D eigenvalue weighted by atomic mass is 32.1. The summed E-state index contributed by atoms with van der Waals surface area (Å²) in [6.45, 7) is 5.83. The van der Waals surface area contributed by atoms with Crippen LogP contribution in [0.4, 0.5) is 0 Å². The Balaban J connectivity index is 2.07. The van der Waals surface area contributed by atoms with E-state index in [-0.39, 0.29) is 11.8 Å². The predicted octanol–water partition coefficient (Wildman–Crippen LogP) is 1.91. The first-order valence-corrected chi connectivity index (χ1v) is 7.23. The van der Waals surface area contributed by atoms with Gasteiger partial charge in [-0.05, 0) is 26.7 Å². The van der Waals surface area contributed by atoms with Crippen LogP contribution in [-0.2, 0) is 15.1 Å². The van der Waals surface area contributed by atoms with Crippen LogP contribution in [0.5, 0.6) is 0 Å². The van der Waals surface area contributed by atoms with Gasteiger partial charge in [0.2, 0.25) is 5.91 Å². The first-order chi connectivity index (χ1) is 8.87. The van der Waals surface area contributed by atoms with Crippen LogP contribution in [0.2, 0.25) is 0 Å². The zero-order valence-electron chi connectivity index (χ0n) is 11.3. The lowest BCUT2D eigenvalue weighted by molar-refractivity contribution is -0.140. The van der Waals surface area contributed by atoms with Crippen LogP contribution in [0.25, 0.3) is 0 Å². The Morgan fingerprint density at radius 3 is 2.68 bits per heavy atom. The molecule has 1 aliphatic carbocycles. The minimum Gasteiger partial charge on any atom is -0.481 e. The zero-order chi connectivity index (χ0) is 14.2. The van der Waals surface area contributed by atoms with Crippen LogP contribution < -0.4 is 5.32 Å². The van der Waals surface area contributed by atoms with Crippen LogP contribution >= 0.6 is 11.3 Å². The third-order valence-electron chi connectivity index (χ3n) is 3.64. The fraction of sp³-hybridized carbons (Fsp3) is 0.615. The van der Waals surface area contributed by atoms with Crippen molar-refractivity contribution in [3.8, 4) is 0 Å². The third-order valence-corrected chi connectivity index (χ3v) is 4.87. The minimum atomic E-state index is -0.886. The smallest absolute Gasteiger partial charge is 0.307 e. The number of carbonyl (C=O) groups is 2. The molecule has 2 N–H and O–H groups in total. The number of nitrogens with one attached hydrogen (secondary N) is 1. The molecule has 3 atom stereocenters. The molecule has 1 fully saturated rings. The SMILES string of the molecule is CC[C@](C)(NC(=O)[C@@H]1C[C@H]1C(=O)O)c1nc(C)cs1. The van der Waals surface area contributed by atoms with E-state index in [4.69, 9.17) is 5.11 Å². The van der Waals surface area contributed by atoms with E-state index in [0.717, 1.165) is 17.1 Å². The second kappa shape index (κ2) is 4.92. The van der Waals surface area contributed by atoms with E-state index in [1.807, 2.05) is 26.2 Å². The molecule has 1 aromatic rings. The van der Waals surface area contributed by atoms with Crippen LogP contribution in [0.3, 0.4) is 0 Å². The molecule has 0 radical (unpaired) electrons. The molecule has 0 aromatic carbocycles. The number of carboxylic acid groups (broad SMARTS) is 1. The number of nitrogens with zero attached hydrogens (tertiary/aromatic N) is 1. The molecule has 1 heterocycles. The lowest BCUT2D eigenvalue weighted by Crippen LogP contribution is -2.44. The van der Waals surface area contributed by atoms with Crippen LogP contribution in [-0.4, -0.2) is 22.0 Å². The van der Waals surface area contributed by atoms with Gasteiger partial charge in [-0.1, -0.05) is 6.92 Å². The van der Waals surface area contributed by atoms with Crippen molar-refractivity contribution in [3.63, 3.8) is 0 Å². The second-order valence-electron chi connectivity index (χ2n) is 5.26. The van der Waals surface area contributed by atoms with Gasteiger partial charge in [-0.15, -0.1) is 11.3 Å². The van der Waals surface area contributed by atoms with E-state index in [1.54, 1.807) is 0 Å². The van der Waals surface area contributed by atoms with Crippen molar-refractivity contribution < 1.29 is 14.7 Å². The predicted molar refractivity (Wildman–Crippen MR) is 71.9 cm³/mol. The highest BCUT2D eigenvalue weighted by Crippen LogP contribution is 2.40. The summed E-state index contributed by atoms with van der Waals surface area (Å²) in [4.78, 5) is 27.3. The summed E-state index contributed by atoms with van der Waals surface area (Å²) in [6.07, 6.45) is 1.16. The molecule has 0 bridgehead atoms. The average Bonchev–Trinajstić information content (AvgIpc) is 3.05. The van der Waals surface area contributed by atoms with E-state index in [2.05, 4.69) is 10.3 Å². The van der Waals surface area contributed by atoms with Crippen molar-refractivity contribution in [2.45, 2.75) is 39.2 Å². The quantitative estimate of drug-likeness (QED) is 0.864. The molecule has 1 aliphatic rings. The van der Waals surface area contributed by atoms with E-state index in [1.165, 1.54) is 11.3 Å². The summed E-state index contributed by atoms with van der Waals surface area (Å²) in [6, 6.07) is 0. The Labute approximate surface area is 116 Å². The standard InChI is InChI=1S/C13H18N2O3S/c1-4-13(3,12-14-7(2)6-19-12)15-10(16)8-5-9(8)11(17)18/h6,8-9H,4-5H2,1-3H3,(H,15,16)(H,17,18)/t8-,9-,13+/m1/s1. The van der Waals surface area contributed by atoms with Crippen molar-refractivity contribution in [1.29, 1.82) is 0 Å². The van der Waals surface area contributed by atoms with E-state index in [0.29, 0.717) is 6.42 Å². The molecule has 0 spiro atoms. The molecule has 6 heteroatoms. The van der Waals surface area contributed by atoms with Crippen molar-refractivity contribution in [3.05, 3.63) is 16.1 Å². The van der Waals surface area contributed by atoms with Gasteiger partial charge in [0.05, 0.1) is 17.4 Å². The molecular weight excluding hydrogens is 264 g/mol. The van der Waals surface area contributed by atoms with Gasteiger partial charge >= 0.3 is 5.97 Å². The molecule has 0 unspecified atom stereocenters. The highest BCUT2D eigenvalue weighted by Gasteiger charge is 2.49. The largest absolute Gasteiger partial charge is 0.481 e. The number of aliphatic carboxylic acids is 1. The molecule has 1 amide bonds. The molecule has 5 nitrogen and oxygen atoms in total. The maximum Gasteiger partial charge on any atom is 0.307 e. The number of hydrogen-bond donors (Lipinski definition) is 2. The van der Waals surface area contributed by atoms with E-state index in [9.17, 15) is 9.59 Å². The normalized spacial score (nSPS) is 24.6. The Morgan fingerprint density at radius 2 is 2.26 bits per heavy atom. The summed E-state index contributed by atoms with van der Waals surface area (Å²) in [7, 11) is 0. The van der Waals surface area contributed by atoms with Crippen LogP contribution in [0.1, 0.15) is 37.4 Å². The lowest BCUT2D eigenvalue weighted by Gasteiger charge is -2.27. The van der Waals surface area contributed by atoms with Crippen LogP contribution in [0.15, 0.2) is 5.38 Å². The maximum absolute atomic E-state index is 12.1. The van der Waals surface area contributed by atoms with Gasteiger partial charge in [-0.25, -0.2) is 4.98 Å². The van der Waals surface area contributed by atoms with Gasteiger partial charge < -0.3 is 10.4 Å². The Kier molecular flexibility index (Phi) is 3.62. The number of aryl methyl sites for hydroxylation is 1. The fourth-order valence-electron chi connectivity index (χ4n) is 2.02. The van der Waals surface area contributed by atoms with Gasteiger partial charge in [-0.3, -0.25) is 9.59 Å². The van der Waals surface area contributed by atoms with Crippen LogP contribution in [0, 0.1) is 18.8 Å². The lowest BCUT2D eigenvalue weighted by atomic mass is 9.99. The van der Waals surface area contributed by atoms with Crippen molar-refractivity contribution in [2.24, 2.45) is 11.8 Å². The summed E-state index contributed by atoms with van der Waals surface area (Å²) < 4.78 is 0. The van der Waals surface area contributed by atoms with Crippen molar-refractivity contribution in [1.82, 2.24) is 10.3 Å². The average molecular weight is 282 g/mol. The van der Waals surface area contributed by atoms with Gasteiger partial charge in [0.25, 0.3) is 0 Å². The van der Waals surface area contributed by atoms with E-state index >= 15 is 0 Å². The van der Waals surface area contributed by atoms with Gasteiger partial charge in [0.1, 0.15) is 5.01 Å². The summed E-state index contributed by atoms with van der Waals surface area (Å²) >= 11 is 1.52. The first-order valence-electron chi connectivity index (χ1n) is 6.35. The molecule has 2 rings (SSSR count). The van der Waals surface area contributed by atoms with Crippen molar-refractivity contribution in [2.75, 3.05) is 0 Å². The molecule has 104 valence electrons. The topological polar surface area (TPSA) is 79.3 Å². The molecule has 0 saturated heterocycles. The first kappa shape index (κ1) is 14.0. The number of amides is 1. The second-order valence-corrected chi connectivity index (χ2v) is 6.11. The maximum atomic E-state index is 12.1. The number of aromatic nitrogens is 1. The van der Waals surface area contributed by atoms with Crippen molar-refractivity contribution >= 4 is 23.2 Å². The minimum absolute atomic E-state index is 0.176. The number of carbonyl (C=O) groups excluding carboxylic acids is 1. The Bertz CT molecular complexity index is 514. The van der Waals surface area contributed by atoms with E-state index < -0.39 is 17.4 Å². The summed E-state index contributed by atoms with van der Waals surface area (Å²) in [5, 5.41) is 14.6. The molecule has 1 saturated carbocycles. The van der Waals surface area contributed by atoms with Gasteiger partial charge in [-0.2, -0.15) is 0 Å². The Hall–Kier alpha value is -1.43. The Morgan fingerprint density at radius 1 is 1.58 bits per heavy atom. The summed E-state index contributed by atoms with van der Waals surface area (Å²) in [5.74, 6) is -1.96.